The Kier molecular flexibility index (Phi) is 5.20. The number of carbonyl (C=O) groups excluding carboxylic acids is 1. The Hall–Kier alpha value is -2.63. The highest BCUT2D eigenvalue weighted by atomic mass is 35.5. The maximum absolute atomic E-state index is 13.0. The first-order valence-corrected chi connectivity index (χ1v) is 10.2. The van der Waals surface area contributed by atoms with Gasteiger partial charge in [-0.05, 0) is 42.2 Å². The van der Waals surface area contributed by atoms with E-state index in [-0.39, 0.29) is 16.7 Å². The Morgan fingerprint density at radius 1 is 1.07 bits per heavy atom. The van der Waals surface area contributed by atoms with Gasteiger partial charge in [0.2, 0.25) is 5.91 Å². The predicted octanol–water partition coefficient (Wildman–Crippen LogP) is 5.71. The first kappa shape index (κ1) is 18.7. The smallest absolute Gasteiger partial charge is 0.348 e. The van der Waals surface area contributed by atoms with Gasteiger partial charge in [0.05, 0.1) is 12.2 Å². The molecular weight excluding hydrogens is 394 g/mol. The van der Waals surface area contributed by atoms with Gasteiger partial charge in [-0.2, -0.15) is 0 Å². The zero-order valence-corrected chi connectivity index (χ0v) is 16.5. The molecule has 0 spiro atoms. The number of carbonyl (C=O) groups is 2. The van der Waals surface area contributed by atoms with E-state index in [0.717, 1.165) is 28.8 Å². The van der Waals surface area contributed by atoms with Crippen LogP contribution in [-0.2, 0) is 11.3 Å². The lowest BCUT2D eigenvalue weighted by atomic mass is 10.1. The summed E-state index contributed by atoms with van der Waals surface area (Å²) >= 11 is 7.17. The second kappa shape index (κ2) is 7.78. The number of benzene rings is 2. The number of hydrogen-bond donors (Lipinski definition) is 1. The molecule has 1 N–H and O–H groups in total. The monoisotopic (exact) mass is 411 g/mol. The van der Waals surface area contributed by atoms with Crippen LogP contribution in [0.4, 0.5) is 5.69 Å². The maximum atomic E-state index is 13.0. The van der Waals surface area contributed by atoms with Gasteiger partial charge in [-0.3, -0.25) is 4.79 Å². The fourth-order valence-electron chi connectivity index (χ4n) is 3.08. The Labute approximate surface area is 172 Å². The molecule has 2 aromatic carbocycles. The van der Waals surface area contributed by atoms with E-state index in [4.69, 9.17) is 11.6 Å². The molecule has 1 fully saturated rings. The van der Waals surface area contributed by atoms with Crippen molar-refractivity contribution in [1.29, 1.82) is 0 Å². The van der Waals surface area contributed by atoms with Crippen molar-refractivity contribution in [2.75, 3.05) is 4.90 Å². The van der Waals surface area contributed by atoms with Crippen molar-refractivity contribution in [2.24, 2.45) is 5.92 Å². The Morgan fingerprint density at radius 2 is 1.75 bits per heavy atom. The lowest BCUT2D eigenvalue weighted by Crippen LogP contribution is -2.32. The van der Waals surface area contributed by atoms with Crippen LogP contribution in [0.1, 0.15) is 28.1 Å². The number of aromatic carboxylic acids is 1. The first-order chi connectivity index (χ1) is 13.5. The minimum Gasteiger partial charge on any atom is -0.477 e. The molecule has 6 heteroatoms. The molecule has 0 atom stereocenters. The molecule has 1 amide bonds. The predicted molar refractivity (Wildman–Crippen MR) is 112 cm³/mol. The summed E-state index contributed by atoms with van der Waals surface area (Å²) in [4.78, 5) is 27.6. The van der Waals surface area contributed by atoms with E-state index in [1.165, 1.54) is 11.3 Å². The number of hydrogen-bond acceptors (Lipinski definition) is 3. The van der Waals surface area contributed by atoms with Gasteiger partial charge in [0.1, 0.15) is 4.88 Å². The van der Waals surface area contributed by atoms with Gasteiger partial charge in [0.25, 0.3) is 0 Å². The van der Waals surface area contributed by atoms with Crippen molar-refractivity contribution in [3.8, 4) is 10.4 Å². The number of anilines is 1. The van der Waals surface area contributed by atoms with Crippen molar-refractivity contribution in [2.45, 2.75) is 19.4 Å². The number of carboxylic acids is 1. The van der Waals surface area contributed by atoms with Crippen LogP contribution in [0.25, 0.3) is 10.4 Å². The Bertz CT molecular complexity index is 1010. The minimum absolute atomic E-state index is 0.0186. The summed E-state index contributed by atoms with van der Waals surface area (Å²) in [6.07, 6.45) is 1.71. The van der Waals surface area contributed by atoms with Crippen molar-refractivity contribution in [3.63, 3.8) is 0 Å². The lowest BCUT2D eigenvalue weighted by Gasteiger charge is -2.23. The average Bonchev–Trinajstić information content (AvgIpc) is 3.46. The van der Waals surface area contributed by atoms with E-state index in [9.17, 15) is 14.7 Å². The summed E-state index contributed by atoms with van der Waals surface area (Å²) in [7, 11) is 0. The van der Waals surface area contributed by atoms with Crippen LogP contribution in [0, 0.1) is 5.92 Å². The number of amides is 1. The second-order valence-corrected chi connectivity index (χ2v) is 8.31. The number of carboxylic acid groups (broad SMARTS) is 1. The second-order valence-electron chi connectivity index (χ2n) is 6.82. The summed E-state index contributed by atoms with van der Waals surface area (Å²) < 4.78 is 0. The fourth-order valence-corrected chi connectivity index (χ4v) is 4.22. The van der Waals surface area contributed by atoms with E-state index in [2.05, 4.69) is 0 Å². The molecule has 1 heterocycles. The zero-order chi connectivity index (χ0) is 19.7. The molecule has 1 aliphatic carbocycles. The summed E-state index contributed by atoms with van der Waals surface area (Å²) in [5.74, 6) is -1.06. The van der Waals surface area contributed by atoms with Gasteiger partial charge in [0, 0.05) is 15.8 Å². The molecule has 4 nitrogen and oxygen atoms in total. The van der Waals surface area contributed by atoms with E-state index in [1.807, 2.05) is 48.5 Å². The third kappa shape index (κ3) is 3.96. The molecule has 3 aromatic rings. The third-order valence-corrected chi connectivity index (χ3v) is 6.12. The number of halogens is 1. The van der Waals surface area contributed by atoms with E-state index in [0.29, 0.717) is 17.3 Å². The molecule has 0 radical (unpaired) electrons. The van der Waals surface area contributed by atoms with Gasteiger partial charge >= 0.3 is 5.97 Å². The highest BCUT2D eigenvalue weighted by Crippen LogP contribution is 2.40. The van der Waals surface area contributed by atoms with Gasteiger partial charge in [0.15, 0.2) is 0 Å². The van der Waals surface area contributed by atoms with Gasteiger partial charge in [-0.1, -0.05) is 54.1 Å². The van der Waals surface area contributed by atoms with E-state index < -0.39 is 5.97 Å². The first-order valence-electron chi connectivity index (χ1n) is 9.01. The highest BCUT2D eigenvalue weighted by molar-refractivity contribution is 7.18. The summed E-state index contributed by atoms with van der Waals surface area (Å²) in [5, 5.41) is 10.4. The molecule has 28 heavy (non-hydrogen) atoms. The van der Waals surface area contributed by atoms with Gasteiger partial charge in [-0.15, -0.1) is 11.3 Å². The average molecular weight is 412 g/mol. The van der Waals surface area contributed by atoms with Crippen LogP contribution >= 0.6 is 22.9 Å². The molecule has 0 aliphatic heterocycles. The van der Waals surface area contributed by atoms with Crippen LogP contribution in [-0.4, -0.2) is 17.0 Å². The number of rotatable bonds is 6. The minimum atomic E-state index is -1.02. The molecule has 4 rings (SSSR count). The van der Waals surface area contributed by atoms with Crippen LogP contribution < -0.4 is 4.90 Å². The molecule has 0 bridgehead atoms. The largest absolute Gasteiger partial charge is 0.477 e. The molecule has 1 aliphatic rings. The lowest BCUT2D eigenvalue weighted by molar-refractivity contribution is -0.119. The fraction of sp³-hybridized carbons (Fsp3) is 0.182. The zero-order valence-electron chi connectivity index (χ0n) is 15.0. The van der Waals surface area contributed by atoms with Gasteiger partial charge < -0.3 is 10.0 Å². The van der Waals surface area contributed by atoms with Crippen LogP contribution in [0.5, 0.6) is 0 Å². The van der Waals surface area contributed by atoms with Crippen molar-refractivity contribution in [1.82, 2.24) is 0 Å². The van der Waals surface area contributed by atoms with E-state index >= 15 is 0 Å². The number of thiophene rings is 1. The molecular formula is C22H18ClNO3S. The maximum Gasteiger partial charge on any atom is 0.348 e. The molecule has 0 unspecified atom stereocenters. The topological polar surface area (TPSA) is 57.6 Å². The summed E-state index contributed by atoms with van der Waals surface area (Å²) in [5.41, 5.74) is 2.30. The molecule has 0 saturated heterocycles. The van der Waals surface area contributed by atoms with Crippen LogP contribution in [0.3, 0.4) is 0 Å². The normalized spacial score (nSPS) is 13.3. The number of nitrogens with zero attached hydrogens (tertiary/aromatic N) is 1. The van der Waals surface area contributed by atoms with Crippen LogP contribution in [0.15, 0.2) is 60.7 Å². The third-order valence-electron chi connectivity index (χ3n) is 4.70. The molecule has 1 aromatic heterocycles. The van der Waals surface area contributed by atoms with Crippen molar-refractivity contribution < 1.29 is 14.7 Å². The van der Waals surface area contributed by atoms with Crippen LogP contribution in [0.2, 0.25) is 5.02 Å². The molecule has 1 saturated carbocycles. The van der Waals surface area contributed by atoms with Crippen molar-refractivity contribution in [3.05, 3.63) is 76.1 Å². The summed E-state index contributed by atoms with van der Waals surface area (Å²) in [6.45, 7) is 0.317. The Balaban J connectivity index is 1.76. The SMILES string of the molecule is O=C(O)c1sc(-c2ccccc2)cc1N(Cc1ccc(Cl)cc1)C(=O)C1CC1. The van der Waals surface area contributed by atoms with E-state index in [1.54, 1.807) is 17.0 Å². The standard InChI is InChI=1S/C22H18ClNO3S/c23-17-10-6-14(7-11-17)13-24(21(25)16-8-9-16)18-12-19(28-20(18)22(26)27)15-4-2-1-3-5-15/h1-7,10-12,16H,8-9,13H2,(H,26,27). The van der Waals surface area contributed by atoms with Crippen molar-refractivity contribution >= 4 is 40.5 Å². The quantitative estimate of drug-likeness (QED) is 0.565. The Morgan fingerprint density at radius 3 is 2.36 bits per heavy atom. The highest BCUT2D eigenvalue weighted by Gasteiger charge is 2.36. The molecule has 142 valence electrons. The summed E-state index contributed by atoms with van der Waals surface area (Å²) in [6, 6.07) is 18.7. The van der Waals surface area contributed by atoms with Gasteiger partial charge in [-0.25, -0.2) is 4.79 Å².